The minimum absolute atomic E-state index is 0.00336. The Labute approximate surface area is 178 Å². The molecule has 1 aliphatic rings. The molecule has 5 heteroatoms. The third kappa shape index (κ3) is 4.10. The molecule has 0 fully saturated rings. The van der Waals surface area contributed by atoms with Crippen LogP contribution < -0.4 is 10.2 Å². The summed E-state index contributed by atoms with van der Waals surface area (Å²) in [6.07, 6.45) is 1.73. The Kier molecular flexibility index (Phi) is 5.49. The van der Waals surface area contributed by atoms with Gasteiger partial charge in [0.15, 0.2) is 0 Å². The van der Waals surface area contributed by atoms with E-state index in [-0.39, 0.29) is 11.8 Å². The Hall–Kier alpha value is -2.92. The highest BCUT2D eigenvalue weighted by molar-refractivity contribution is 9.10. The second kappa shape index (κ2) is 8.21. The van der Waals surface area contributed by atoms with Crippen LogP contribution in [0.3, 0.4) is 0 Å². The topological polar surface area (TPSA) is 49.4 Å². The summed E-state index contributed by atoms with van der Waals surface area (Å²) < 4.78 is 0.834. The zero-order valence-electron chi connectivity index (χ0n) is 16.1. The van der Waals surface area contributed by atoms with E-state index in [1.54, 1.807) is 6.07 Å². The molecule has 1 aliphatic heterocycles. The molecule has 0 saturated heterocycles. The van der Waals surface area contributed by atoms with E-state index in [1.165, 1.54) is 0 Å². The summed E-state index contributed by atoms with van der Waals surface area (Å²) in [7, 11) is 0. The molecular weight excluding hydrogens is 428 g/mol. The van der Waals surface area contributed by atoms with Crippen molar-refractivity contribution in [1.29, 1.82) is 0 Å². The van der Waals surface area contributed by atoms with Crippen molar-refractivity contribution in [2.24, 2.45) is 0 Å². The van der Waals surface area contributed by atoms with Crippen molar-refractivity contribution in [3.05, 3.63) is 93.5 Å². The molecule has 1 heterocycles. The van der Waals surface area contributed by atoms with Gasteiger partial charge in [0.05, 0.1) is 5.69 Å². The summed E-state index contributed by atoms with van der Waals surface area (Å²) in [5, 5.41) is 2.93. The second-order valence-electron chi connectivity index (χ2n) is 7.20. The molecule has 0 unspecified atom stereocenters. The van der Waals surface area contributed by atoms with E-state index in [2.05, 4.69) is 21.2 Å². The number of fused-ring (bicyclic) bond motifs is 1. The highest BCUT2D eigenvalue weighted by Gasteiger charge is 2.24. The molecule has 0 bridgehead atoms. The van der Waals surface area contributed by atoms with Crippen molar-refractivity contribution < 1.29 is 9.59 Å². The van der Waals surface area contributed by atoms with E-state index in [1.807, 2.05) is 72.5 Å². The first kappa shape index (κ1) is 19.4. The maximum Gasteiger partial charge on any atom is 0.258 e. The van der Waals surface area contributed by atoms with Crippen LogP contribution in [0, 0.1) is 6.92 Å². The number of carbonyl (C=O) groups is 2. The van der Waals surface area contributed by atoms with Gasteiger partial charge in [-0.1, -0.05) is 29.8 Å². The molecule has 0 aromatic heterocycles. The van der Waals surface area contributed by atoms with Gasteiger partial charge < -0.3 is 10.2 Å². The molecule has 0 atom stereocenters. The van der Waals surface area contributed by atoms with Gasteiger partial charge in [-0.05, 0) is 83.7 Å². The summed E-state index contributed by atoms with van der Waals surface area (Å²) >= 11 is 3.45. The largest absolute Gasteiger partial charge is 0.321 e. The number of rotatable bonds is 3. The molecule has 4 rings (SSSR count). The molecule has 0 aliphatic carbocycles. The SMILES string of the molecule is Cc1ccc(C(=O)N2CCCc3cc(C(=O)Nc4ccccc4Br)ccc32)cc1. The van der Waals surface area contributed by atoms with Crippen LogP contribution in [0.1, 0.15) is 38.3 Å². The summed E-state index contributed by atoms with van der Waals surface area (Å²) in [6.45, 7) is 2.69. The minimum Gasteiger partial charge on any atom is -0.321 e. The molecule has 2 amide bonds. The number of hydrogen-bond donors (Lipinski definition) is 1. The van der Waals surface area contributed by atoms with Crippen molar-refractivity contribution in [2.45, 2.75) is 19.8 Å². The Morgan fingerprint density at radius 1 is 0.966 bits per heavy atom. The van der Waals surface area contributed by atoms with Crippen LogP contribution in [0.15, 0.2) is 71.2 Å². The van der Waals surface area contributed by atoms with Crippen molar-refractivity contribution in [3.63, 3.8) is 0 Å². The number of anilines is 2. The van der Waals surface area contributed by atoms with Crippen LogP contribution in [-0.4, -0.2) is 18.4 Å². The van der Waals surface area contributed by atoms with Crippen LogP contribution in [0.25, 0.3) is 0 Å². The van der Waals surface area contributed by atoms with Gasteiger partial charge in [0, 0.05) is 27.8 Å². The van der Waals surface area contributed by atoms with Crippen LogP contribution in [-0.2, 0) is 6.42 Å². The van der Waals surface area contributed by atoms with Crippen molar-refractivity contribution in [3.8, 4) is 0 Å². The highest BCUT2D eigenvalue weighted by atomic mass is 79.9. The van der Waals surface area contributed by atoms with E-state index in [0.717, 1.165) is 39.8 Å². The minimum atomic E-state index is -0.165. The van der Waals surface area contributed by atoms with Gasteiger partial charge in [0.1, 0.15) is 0 Å². The number of hydrogen-bond acceptors (Lipinski definition) is 2. The maximum absolute atomic E-state index is 13.0. The molecule has 0 saturated carbocycles. The molecule has 3 aromatic carbocycles. The van der Waals surface area contributed by atoms with Crippen LogP contribution in [0.2, 0.25) is 0 Å². The molecule has 4 nitrogen and oxygen atoms in total. The Morgan fingerprint density at radius 3 is 2.45 bits per heavy atom. The highest BCUT2D eigenvalue weighted by Crippen LogP contribution is 2.30. The quantitative estimate of drug-likeness (QED) is 0.566. The first-order valence-corrected chi connectivity index (χ1v) is 10.4. The zero-order chi connectivity index (χ0) is 20.4. The Balaban J connectivity index is 1.58. The fourth-order valence-corrected chi connectivity index (χ4v) is 3.94. The third-order valence-electron chi connectivity index (χ3n) is 5.13. The van der Waals surface area contributed by atoms with Gasteiger partial charge in [-0.25, -0.2) is 0 Å². The van der Waals surface area contributed by atoms with Crippen LogP contribution in [0.4, 0.5) is 11.4 Å². The Morgan fingerprint density at radius 2 is 1.69 bits per heavy atom. The van der Waals surface area contributed by atoms with E-state index in [4.69, 9.17) is 0 Å². The van der Waals surface area contributed by atoms with Crippen molar-refractivity contribution in [2.75, 3.05) is 16.8 Å². The van der Waals surface area contributed by atoms with Crippen LogP contribution >= 0.6 is 15.9 Å². The molecule has 29 heavy (non-hydrogen) atoms. The number of halogens is 1. The Bertz CT molecular complexity index is 1080. The molecular formula is C24H21BrN2O2. The van der Waals surface area contributed by atoms with E-state index in [0.29, 0.717) is 17.7 Å². The summed E-state index contributed by atoms with van der Waals surface area (Å²) in [4.78, 5) is 27.5. The lowest BCUT2D eigenvalue weighted by Gasteiger charge is -2.30. The lowest BCUT2D eigenvalue weighted by Crippen LogP contribution is -2.35. The van der Waals surface area contributed by atoms with E-state index in [9.17, 15) is 9.59 Å². The van der Waals surface area contributed by atoms with E-state index >= 15 is 0 Å². The second-order valence-corrected chi connectivity index (χ2v) is 8.06. The molecule has 3 aromatic rings. The van der Waals surface area contributed by atoms with Crippen molar-refractivity contribution >= 4 is 39.1 Å². The number of nitrogens with one attached hydrogen (secondary N) is 1. The lowest BCUT2D eigenvalue weighted by molar-refractivity contribution is 0.0984. The predicted octanol–water partition coefficient (Wildman–Crippen LogP) is 5.60. The average molecular weight is 449 g/mol. The monoisotopic (exact) mass is 448 g/mol. The number of amides is 2. The zero-order valence-corrected chi connectivity index (χ0v) is 17.7. The van der Waals surface area contributed by atoms with Gasteiger partial charge >= 0.3 is 0 Å². The van der Waals surface area contributed by atoms with E-state index < -0.39 is 0 Å². The third-order valence-corrected chi connectivity index (χ3v) is 5.82. The van der Waals surface area contributed by atoms with Crippen molar-refractivity contribution in [1.82, 2.24) is 0 Å². The van der Waals surface area contributed by atoms with Gasteiger partial charge in [0.2, 0.25) is 0 Å². The fraction of sp³-hybridized carbons (Fsp3) is 0.167. The first-order valence-electron chi connectivity index (χ1n) is 9.60. The lowest BCUT2D eigenvalue weighted by atomic mass is 9.98. The molecule has 146 valence electrons. The number of nitrogens with zero attached hydrogens (tertiary/aromatic N) is 1. The average Bonchev–Trinajstić information content (AvgIpc) is 2.74. The van der Waals surface area contributed by atoms with Crippen LogP contribution in [0.5, 0.6) is 0 Å². The normalized spacial score (nSPS) is 13.0. The number of para-hydroxylation sites is 1. The first-order chi connectivity index (χ1) is 14.0. The summed E-state index contributed by atoms with van der Waals surface area (Å²) in [5.41, 5.74) is 5.03. The number of carbonyl (C=O) groups excluding carboxylic acids is 2. The van der Waals surface area contributed by atoms with Gasteiger partial charge in [0.25, 0.3) is 11.8 Å². The molecule has 0 radical (unpaired) electrons. The number of benzene rings is 3. The standard InChI is InChI=1S/C24H21BrN2O2/c1-16-8-10-17(11-9-16)24(29)27-14-4-5-18-15-19(12-13-22(18)27)23(28)26-21-7-3-2-6-20(21)25/h2-3,6-13,15H,4-5,14H2,1H3,(H,26,28). The van der Waals surface area contributed by atoms with Gasteiger partial charge in [-0.3, -0.25) is 9.59 Å². The summed E-state index contributed by atoms with van der Waals surface area (Å²) in [5.74, 6) is -0.168. The summed E-state index contributed by atoms with van der Waals surface area (Å²) in [6, 6.07) is 20.7. The fourth-order valence-electron chi connectivity index (χ4n) is 3.56. The predicted molar refractivity (Wildman–Crippen MR) is 120 cm³/mol. The van der Waals surface area contributed by atoms with Gasteiger partial charge in [-0.2, -0.15) is 0 Å². The maximum atomic E-state index is 13.0. The molecule has 1 N–H and O–H groups in total. The molecule has 0 spiro atoms. The van der Waals surface area contributed by atoms with Gasteiger partial charge in [-0.15, -0.1) is 0 Å². The number of aryl methyl sites for hydroxylation is 2. The smallest absolute Gasteiger partial charge is 0.258 e.